The van der Waals surface area contributed by atoms with E-state index in [4.69, 9.17) is 0 Å². The fraction of sp³-hybridized carbons (Fsp3) is 0.125. The highest BCUT2D eigenvalue weighted by molar-refractivity contribution is 7.37. The Kier molecular flexibility index (Phi) is 6.68. The number of aryl methyl sites for hydroxylation is 4. The molecule has 2 aliphatic rings. The van der Waals surface area contributed by atoms with Crippen LogP contribution >= 0.6 is 68.0 Å². The van der Waals surface area contributed by atoms with Crippen molar-refractivity contribution < 1.29 is 0 Å². The zero-order valence-electron chi connectivity index (χ0n) is 30.0. The molecule has 0 bridgehead atoms. The lowest BCUT2D eigenvalue weighted by atomic mass is 9.67. The Hall–Kier alpha value is -4.14. The third-order valence-corrected chi connectivity index (χ3v) is 19.3. The smallest absolute Gasteiger partial charge is 0.0759 e. The summed E-state index contributed by atoms with van der Waals surface area (Å²) in [6.07, 6.45) is 0. The zero-order chi connectivity index (χ0) is 36.1. The van der Waals surface area contributed by atoms with E-state index < -0.39 is 10.8 Å². The van der Waals surface area contributed by atoms with Crippen LogP contribution in [0, 0.1) is 27.7 Å². The topological polar surface area (TPSA) is 0 Å². The molecular weight excluding hydrogens is 769 g/mol. The average molecular weight is 801 g/mol. The Morgan fingerprint density at radius 1 is 0.315 bits per heavy atom. The summed E-state index contributed by atoms with van der Waals surface area (Å²) in [7, 11) is 0. The summed E-state index contributed by atoms with van der Waals surface area (Å²) >= 11 is 12.0. The number of fused-ring (bicyclic) bond motifs is 13. The number of benzene rings is 4. The number of rotatable bonds is 4. The van der Waals surface area contributed by atoms with Gasteiger partial charge in [0.05, 0.1) is 49.1 Å². The summed E-state index contributed by atoms with van der Waals surface area (Å²) < 4.78 is 8.59. The van der Waals surface area contributed by atoms with E-state index in [1.807, 2.05) is 45.3 Å². The fourth-order valence-corrected chi connectivity index (χ4v) is 17.9. The second-order valence-corrected chi connectivity index (χ2v) is 21.1. The second-order valence-electron chi connectivity index (χ2n) is 15.1. The third kappa shape index (κ3) is 3.91. The van der Waals surface area contributed by atoms with Crippen molar-refractivity contribution in [2.24, 2.45) is 0 Å². The molecule has 0 atom stereocenters. The molecule has 260 valence electrons. The van der Waals surface area contributed by atoms with E-state index in [1.54, 1.807) is 0 Å². The molecule has 10 aromatic rings. The van der Waals surface area contributed by atoms with Gasteiger partial charge in [-0.15, -0.1) is 68.0 Å². The van der Waals surface area contributed by atoms with Crippen molar-refractivity contribution in [2.45, 2.75) is 38.5 Å². The van der Waals surface area contributed by atoms with Crippen LogP contribution in [0.5, 0.6) is 0 Å². The van der Waals surface area contributed by atoms with Crippen molar-refractivity contribution in [2.75, 3.05) is 0 Å². The third-order valence-electron chi connectivity index (χ3n) is 12.0. The molecule has 4 aromatic carbocycles. The van der Waals surface area contributed by atoms with E-state index in [2.05, 4.69) is 170 Å². The van der Waals surface area contributed by atoms with E-state index in [0.717, 1.165) is 0 Å². The first-order valence-corrected chi connectivity index (χ1v) is 23.3. The summed E-state index contributed by atoms with van der Waals surface area (Å²) in [6.45, 7) is 8.84. The molecule has 12 rings (SSSR count). The second kappa shape index (κ2) is 11.2. The van der Waals surface area contributed by atoms with Crippen LogP contribution in [0.2, 0.25) is 0 Å². The van der Waals surface area contributed by atoms with Gasteiger partial charge in [-0.25, -0.2) is 0 Å². The number of thiophene rings is 6. The number of hydrogen-bond acceptors (Lipinski definition) is 6. The lowest BCUT2D eigenvalue weighted by molar-refractivity contribution is 0.783. The summed E-state index contributed by atoms with van der Waals surface area (Å²) in [4.78, 5) is 5.84. The fourth-order valence-electron chi connectivity index (χ4n) is 9.54. The maximum absolute atomic E-state index is 2.42. The molecule has 54 heavy (non-hydrogen) atoms. The summed E-state index contributed by atoms with van der Waals surface area (Å²) in [5.74, 6) is 0. The minimum absolute atomic E-state index is 0.430. The number of hydrogen-bond donors (Lipinski definition) is 0. The van der Waals surface area contributed by atoms with Crippen molar-refractivity contribution in [3.8, 4) is 19.5 Å². The molecule has 0 spiro atoms. The highest BCUT2D eigenvalue weighted by Gasteiger charge is 2.56. The lowest BCUT2D eigenvalue weighted by Gasteiger charge is -2.34. The molecule has 6 heterocycles. The molecule has 0 aliphatic heterocycles. The van der Waals surface area contributed by atoms with Gasteiger partial charge in [0.1, 0.15) is 0 Å². The van der Waals surface area contributed by atoms with Gasteiger partial charge in [-0.2, -0.15) is 0 Å². The Morgan fingerprint density at radius 3 is 0.907 bits per heavy atom. The van der Waals surface area contributed by atoms with E-state index in [0.29, 0.717) is 0 Å². The largest absolute Gasteiger partial charge is 0.143 e. The molecule has 0 nitrogen and oxygen atoms in total. The van der Waals surface area contributed by atoms with Crippen molar-refractivity contribution in [1.82, 2.24) is 0 Å². The highest BCUT2D eigenvalue weighted by atomic mass is 32.1. The molecular formula is C48H32S6. The van der Waals surface area contributed by atoms with Crippen LogP contribution in [0.25, 0.3) is 47.7 Å². The van der Waals surface area contributed by atoms with Gasteiger partial charge in [0.15, 0.2) is 0 Å². The summed E-state index contributed by atoms with van der Waals surface area (Å²) in [5, 5.41) is 4.58. The average Bonchev–Trinajstić information content (AvgIpc) is 4.03. The van der Waals surface area contributed by atoms with Gasteiger partial charge < -0.3 is 0 Å². The predicted octanol–water partition coefficient (Wildman–Crippen LogP) is 15.5. The van der Waals surface area contributed by atoms with Gasteiger partial charge in [-0.05, 0) is 72.8 Å². The van der Waals surface area contributed by atoms with Crippen LogP contribution in [-0.2, 0) is 10.8 Å². The minimum atomic E-state index is -0.430. The van der Waals surface area contributed by atoms with Crippen LogP contribution in [0.3, 0.4) is 0 Å². The summed E-state index contributed by atoms with van der Waals surface area (Å²) in [5.41, 5.74) is 15.7. The molecule has 0 saturated carbocycles. The molecule has 6 heteroatoms. The van der Waals surface area contributed by atoms with Gasteiger partial charge in [0.25, 0.3) is 0 Å². The first-order chi connectivity index (χ1) is 26.4. The standard InChI is InChI=1S/C48H32S6/c1-25-5-13-29(14-6-25)47(30-15-7-26(2)8-16-30)35-39-33(21-23-49-39)51-41(35)43-37(47)45-46(53-43)38-44(54-45)42-36(40-34(52-42)22-24-50-40)48(38,31-17-9-27(3)10-18-31)32-19-11-28(4)12-20-32/h5-24H,1-4H3. The maximum atomic E-state index is 2.42. The quantitative estimate of drug-likeness (QED) is 0.166. The molecule has 6 aromatic heterocycles. The highest BCUT2D eigenvalue weighted by Crippen LogP contribution is 2.71. The van der Waals surface area contributed by atoms with E-state index in [1.165, 1.54) is 114 Å². The predicted molar refractivity (Wildman–Crippen MR) is 240 cm³/mol. The van der Waals surface area contributed by atoms with Crippen LogP contribution in [0.15, 0.2) is 120 Å². The molecule has 0 N–H and O–H groups in total. The maximum Gasteiger partial charge on any atom is 0.0759 e. The molecule has 0 fully saturated rings. The van der Waals surface area contributed by atoms with Gasteiger partial charge in [-0.3, -0.25) is 0 Å². The molecule has 0 radical (unpaired) electrons. The van der Waals surface area contributed by atoms with Gasteiger partial charge in [-0.1, -0.05) is 119 Å². The monoisotopic (exact) mass is 800 g/mol. The van der Waals surface area contributed by atoms with Crippen LogP contribution in [0.1, 0.15) is 66.8 Å². The van der Waals surface area contributed by atoms with Crippen molar-refractivity contribution in [1.29, 1.82) is 0 Å². The summed E-state index contributed by atoms with van der Waals surface area (Å²) in [6, 6.07) is 42.6. The Morgan fingerprint density at radius 2 is 0.593 bits per heavy atom. The van der Waals surface area contributed by atoms with Gasteiger partial charge >= 0.3 is 0 Å². The van der Waals surface area contributed by atoms with Crippen molar-refractivity contribution in [3.05, 3.63) is 187 Å². The molecule has 0 amide bonds. The molecule has 0 unspecified atom stereocenters. The van der Waals surface area contributed by atoms with Crippen LogP contribution < -0.4 is 0 Å². The Balaban J connectivity index is 1.28. The van der Waals surface area contributed by atoms with Gasteiger partial charge in [0, 0.05) is 31.7 Å². The van der Waals surface area contributed by atoms with Crippen molar-refractivity contribution in [3.63, 3.8) is 0 Å². The van der Waals surface area contributed by atoms with E-state index in [9.17, 15) is 0 Å². The molecule has 0 saturated heterocycles. The van der Waals surface area contributed by atoms with Crippen LogP contribution in [-0.4, -0.2) is 0 Å². The minimum Gasteiger partial charge on any atom is -0.143 e. The van der Waals surface area contributed by atoms with E-state index >= 15 is 0 Å². The Bertz CT molecular complexity index is 2810. The van der Waals surface area contributed by atoms with Gasteiger partial charge in [0.2, 0.25) is 0 Å². The van der Waals surface area contributed by atoms with Crippen LogP contribution in [0.4, 0.5) is 0 Å². The van der Waals surface area contributed by atoms with E-state index in [-0.39, 0.29) is 0 Å². The SMILES string of the molecule is Cc1ccc(C2(c3ccc(C)cc3)c3c(sc4ccsc34)-c3sc4c5c(sc4c32)-c2sc3ccsc3c2C5(c2ccc(C)cc2)c2ccc(C)cc2)cc1. The lowest BCUT2D eigenvalue weighted by Crippen LogP contribution is -2.29. The Labute approximate surface area is 338 Å². The first kappa shape index (κ1) is 32.1. The normalized spacial score (nSPS) is 15.0. The first-order valence-electron chi connectivity index (χ1n) is 18.3. The zero-order valence-corrected chi connectivity index (χ0v) is 34.9. The molecule has 2 aliphatic carbocycles. The van der Waals surface area contributed by atoms with Crippen molar-refractivity contribution >= 4 is 96.2 Å².